The third-order valence-corrected chi connectivity index (χ3v) is 3.35. The molecule has 0 bridgehead atoms. The predicted octanol–water partition coefficient (Wildman–Crippen LogP) is 1.75. The Morgan fingerprint density at radius 1 is 1.47 bits per heavy atom. The molecule has 17 heavy (non-hydrogen) atoms. The van der Waals surface area contributed by atoms with Gasteiger partial charge in [0.25, 0.3) is 0 Å². The highest BCUT2D eigenvalue weighted by Crippen LogP contribution is 2.26. The number of rotatable bonds is 4. The normalized spacial score (nSPS) is 23.9. The lowest BCUT2D eigenvalue weighted by atomic mass is 10.1. The van der Waals surface area contributed by atoms with E-state index >= 15 is 0 Å². The quantitative estimate of drug-likeness (QED) is 0.840. The predicted molar refractivity (Wildman–Crippen MR) is 63.2 cm³/mol. The van der Waals surface area contributed by atoms with Gasteiger partial charge in [0.15, 0.2) is 11.6 Å². The van der Waals surface area contributed by atoms with Gasteiger partial charge < -0.3 is 10.4 Å². The molecule has 4 nitrogen and oxygen atoms in total. The number of anilines is 1. The van der Waals surface area contributed by atoms with E-state index in [0.717, 1.165) is 19.3 Å². The van der Waals surface area contributed by atoms with Gasteiger partial charge in [0, 0.05) is 12.5 Å². The Hall–Kier alpha value is -1.23. The third kappa shape index (κ3) is 2.72. The third-order valence-electron chi connectivity index (χ3n) is 3.35. The lowest BCUT2D eigenvalue weighted by Crippen LogP contribution is -2.23. The molecule has 2 rings (SSSR count). The number of nitrogens with zero attached hydrogens (tertiary/aromatic N) is 2. The van der Waals surface area contributed by atoms with E-state index in [4.69, 9.17) is 0 Å². The SMILES string of the molecule is CCc1ncnc(NC[C@H]2CCC[C@H]2O)c1F. The van der Waals surface area contributed by atoms with Gasteiger partial charge in [-0.2, -0.15) is 0 Å². The number of aromatic nitrogens is 2. The summed E-state index contributed by atoms with van der Waals surface area (Å²) in [4.78, 5) is 7.77. The molecule has 1 saturated carbocycles. The number of halogens is 1. The van der Waals surface area contributed by atoms with Gasteiger partial charge in [-0.1, -0.05) is 13.3 Å². The van der Waals surface area contributed by atoms with Crippen LogP contribution in [0.25, 0.3) is 0 Å². The fraction of sp³-hybridized carbons (Fsp3) is 0.667. The molecule has 0 saturated heterocycles. The van der Waals surface area contributed by atoms with Crippen LogP contribution in [0.1, 0.15) is 31.9 Å². The number of aryl methyl sites for hydroxylation is 1. The van der Waals surface area contributed by atoms with Crippen LogP contribution in [-0.2, 0) is 6.42 Å². The number of hydrogen-bond acceptors (Lipinski definition) is 4. The smallest absolute Gasteiger partial charge is 0.186 e. The van der Waals surface area contributed by atoms with Crippen molar-refractivity contribution in [2.24, 2.45) is 5.92 Å². The van der Waals surface area contributed by atoms with E-state index in [-0.39, 0.29) is 23.7 Å². The molecule has 0 unspecified atom stereocenters. The van der Waals surface area contributed by atoms with Crippen LogP contribution in [0.2, 0.25) is 0 Å². The summed E-state index contributed by atoms with van der Waals surface area (Å²) in [6.45, 7) is 2.42. The molecule has 2 atom stereocenters. The molecular formula is C12H18FN3O. The summed E-state index contributed by atoms with van der Waals surface area (Å²) >= 11 is 0. The van der Waals surface area contributed by atoms with Crippen molar-refractivity contribution >= 4 is 5.82 Å². The zero-order valence-electron chi connectivity index (χ0n) is 9.99. The number of hydrogen-bond donors (Lipinski definition) is 2. The average molecular weight is 239 g/mol. The van der Waals surface area contributed by atoms with Crippen molar-refractivity contribution in [3.05, 3.63) is 17.8 Å². The number of aliphatic hydroxyl groups excluding tert-OH is 1. The zero-order valence-corrected chi connectivity index (χ0v) is 9.99. The summed E-state index contributed by atoms with van der Waals surface area (Å²) in [6, 6.07) is 0. The van der Waals surface area contributed by atoms with Gasteiger partial charge >= 0.3 is 0 Å². The Bertz CT molecular complexity index is 386. The molecule has 1 aliphatic carbocycles. The van der Waals surface area contributed by atoms with Crippen LogP contribution >= 0.6 is 0 Å². The Balaban J connectivity index is 1.99. The zero-order chi connectivity index (χ0) is 12.3. The standard InChI is InChI=1S/C12H18FN3O/c1-2-9-11(13)12(16-7-15-9)14-6-8-4-3-5-10(8)17/h7-8,10,17H,2-6H2,1H3,(H,14,15,16)/t8-,10-/m1/s1. The Labute approximate surface area is 100 Å². The van der Waals surface area contributed by atoms with Gasteiger partial charge in [-0.15, -0.1) is 0 Å². The first-order valence-corrected chi connectivity index (χ1v) is 6.13. The van der Waals surface area contributed by atoms with Crippen LogP contribution in [-0.4, -0.2) is 27.7 Å². The Morgan fingerprint density at radius 3 is 2.94 bits per heavy atom. The summed E-state index contributed by atoms with van der Waals surface area (Å²) in [5.41, 5.74) is 0.425. The van der Waals surface area contributed by atoms with Crippen LogP contribution < -0.4 is 5.32 Å². The van der Waals surface area contributed by atoms with Gasteiger partial charge in [0.05, 0.1) is 11.8 Å². The van der Waals surface area contributed by atoms with Gasteiger partial charge in [-0.25, -0.2) is 14.4 Å². The molecule has 0 aliphatic heterocycles. The second-order valence-corrected chi connectivity index (χ2v) is 4.48. The maximum absolute atomic E-state index is 13.8. The fourth-order valence-electron chi connectivity index (χ4n) is 2.26. The van der Waals surface area contributed by atoms with E-state index in [1.54, 1.807) is 0 Å². The van der Waals surface area contributed by atoms with Gasteiger partial charge in [-0.05, 0) is 19.3 Å². The Kier molecular flexibility index (Phi) is 3.89. The van der Waals surface area contributed by atoms with Crippen LogP contribution in [0.4, 0.5) is 10.2 Å². The molecule has 94 valence electrons. The molecule has 1 fully saturated rings. The summed E-state index contributed by atoms with van der Waals surface area (Å²) in [5.74, 6) is 0.0767. The van der Waals surface area contributed by atoms with Gasteiger partial charge in [0.2, 0.25) is 0 Å². The molecule has 0 amide bonds. The molecule has 0 radical (unpaired) electrons. The summed E-state index contributed by atoms with van der Waals surface area (Å²) < 4.78 is 13.8. The first-order chi connectivity index (χ1) is 8.22. The monoisotopic (exact) mass is 239 g/mol. The van der Waals surface area contributed by atoms with E-state index in [2.05, 4.69) is 15.3 Å². The first kappa shape index (κ1) is 12.2. The van der Waals surface area contributed by atoms with Crippen molar-refractivity contribution in [3.8, 4) is 0 Å². The molecule has 1 aliphatic rings. The van der Waals surface area contributed by atoms with Gasteiger partial charge in [0.1, 0.15) is 6.33 Å². The van der Waals surface area contributed by atoms with E-state index in [0.29, 0.717) is 18.7 Å². The minimum Gasteiger partial charge on any atom is -0.393 e. The van der Waals surface area contributed by atoms with Crippen molar-refractivity contribution in [1.29, 1.82) is 0 Å². The molecule has 0 spiro atoms. The van der Waals surface area contributed by atoms with E-state index < -0.39 is 0 Å². The molecule has 0 aromatic carbocycles. The van der Waals surface area contributed by atoms with E-state index in [1.165, 1.54) is 6.33 Å². The molecular weight excluding hydrogens is 221 g/mol. The molecule has 2 N–H and O–H groups in total. The second kappa shape index (κ2) is 5.40. The van der Waals surface area contributed by atoms with Crippen molar-refractivity contribution in [2.75, 3.05) is 11.9 Å². The minimum absolute atomic E-state index is 0.203. The van der Waals surface area contributed by atoms with Crippen LogP contribution in [0.3, 0.4) is 0 Å². The summed E-state index contributed by atoms with van der Waals surface area (Å²) in [6.07, 6.45) is 4.53. The van der Waals surface area contributed by atoms with Crippen LogP contribution in [0.15, 0.2) is 6.33 Å². The Morgan fingerprint density at radius 2 is 2.29 bits per heavy atom. The number of nitrogens with one attached hydrogen (secondary N) is 1. The van der Waals surface area contributed by atoms with Crippen molar-refractivity contribution < 1.29 is 9.50 Å². The maximum Gasteiger partial charge on any atom is 0.186 e. The summed E-state index contributed by atoms with van der Waals surface area (Å²) in [5, 5.41) is 12.6. The average Bonchev–Trinajstić information content (AvgIpc) is 2.74. The molecule has 5 heteroatoms. The first-order valence-electron chi connectivity index (χ1n) is 6.13. The van der Waals surface area contributed by atoms with E-state index in [1.807, 2.05) is 6.92 Å². The van der Waals surface area contributed by atoms with Crippen LogP contribution in [0.5, 0.6) is 0 Å². The topological polar surface area (TPSA) is 58.0 Å². The fourth-order valence-corrected chi connectivity index (χ4v) is 2.26. The van der Waals surface area contributed by atoms with Crippen LogP contribution in [0, 0.1) is 11.7 Å². The van der Waals surface area contributed by atoms with Crippen molar-refractivity contribution in [2.45, 2.75) is 38.7 Å². The molecule has 1 heterocycles. The van der Waals surface area contributed by atoms with Crippen molar-refractivity contribution in [1.82, 2.24) is 9.97 Å². The lowest BCUT2D eigenvalue weighted by molar-refractivity contribution is 0.138. The second-order valence-electron chi connectivity index (χ2n) is 4.48. The highest BCUT2D eigenvalue weighted by atomic mass is 19.1. The highest BCUT2D eigenvalue weighted by Gasteiger charge is 2.25. The maximum atomic E-state index is 13.8. The molecule has 1 aromatic heterocycles. The van der Waals surface area contributed by atoms with E-state index in [9.17, 15) is 9.50 Å². The largest absolute Gasteiger partial charge is 0.393 e. The molecule has 1 aromatic rings. The lowest BCUT2D eigenvalue weighted by Gasteiger charge is -2.16. The minimum atomic E-state index is -0.373. The van der Waals surface area contributed by atoms with Crippen molar-refractivity contribution in [3.63, 3.8) is 0 Å². The highest BCUT2D eigenvalue weighted by molar-refractivity contribution is 5.37. The van der Waals surface area contributed by atoms with Gasteiger partial charge in [-0.3, -0.25) is 0 Å². The number of aliphatic hydroxyl groups is 1. The summed E-state index contributed by atoms with van der Waals surface area (Å²) in [7, 11) is 0.